The number of piperidine rings is 1. The molecule has 1 aliphatic rings. The van der Waals surface area contributed by atoms with E-state index in [9.17, 15) is 9.59 Å². The number of benzene rings is 1. The van der Waals surface area contributed by atoms with Crippen molar-refractivity contribution in [2.45, 2.75) is 19.4 Å². The van der Waals surface area contributed by atoms with Crippen molar-refractivity contribution in [3.8, 4) is 5.69 Å². The second-order valence-corrected chi connectivity index (χ2v) is 5.68. The number of tetrazole rings is 1. The van der Waals surface area contributed by atoms with Gasteiger partial charge in [0.1, 0.15) is 0 Å². The SMILES string of the molecule is NC(=O)N1CCC[C@H](C(=O)NCc2nnnn2-c2ccccc2)C1. The minimum Gasteiger partial charge on any atom is -0.351 e. The standard InChI is InChI=1S/C15H19N7O2/c16-15(24)21-8-4-5-11(10-21)14(23)17-9-13-18-19-20-22(13)12-6-2-1-3-7-12/h1-3,6-7,11H,4-5,8-10H2,(H2,16,24)(H,17,23)/t11-/m0/s1. The zero-order valence-corrected chi connectivity index (χ0v) is 13.1. The van der Waals surface area contributed by atoms with Crippen LogP contribution in [-0.2, 0) is 11.3 Å². The Balaban J connectivity index is 1.61. The fraction of sp³-hybridized carbons (Fsp3) is 0.400. The number of nitrogens with one attached hydrogen (secondary N) is 1. The van der Waals surface area contributed by atoms with Crippen molar-refractivity contribution in [2.24, 2.45) is 11.7 Å². The van der Waals surface area contributed by atoms with Gasteiger partial charge in [-0.2, -0.15) is 4.68 Å². The van der Waals surface area contributed by atoms with Gasteiger partial charge in [-0.15, -0.1) is 5.10 Å². The molecule has 1 saturated heterocycles. The first-order valence-corrected chi connectivity index (χ1v) is 7.80. The van der Waals surface area contributed by atoms with Crippen LogP contribution in [-0.4, -0.2) is 50.1 Å². The van der Waals surface area contributed by atoms with Gasteiger partial charge in [0.25, 0.3) is 0 Å². The molecule has 0 radical (unpaired) electrons. The van der Waals surface area contributed by atoms with Gasteiger partial charge in [-0.1, -0.05) is 18.2 Å². The number of urea groups is 1. The zero-order valence-electron chi connectivity index (χ0n) is 13.1. The van der Waals surface area contributed by atoms with Crippen molar-refractivity contribution in [1.29, 1.82) is 0 Å². The summed E-state index contributed by atoms with van der Waals surface area (Å²) in [6.45, 7) is 1.17. The molecule has 0 bridgehead atoms. The molecule has 0 aliphatic carbocycles. The first-order valence-electron chi connectivity index (χ1n) is 7.80. The van der Waals surface area contributed by atoms with E-state index in [2.05, 4.69) is 20.8 Å². The first kappa shape index (κ1) is 15.9. The largest absolute Gasteiger partial charge is 0.351 e. The van der Waals surface area contributed by atoms with E-state index in [0.29, 0.717) is 18.9 Å². The number of rotatable bonds is 4. The molecule has 1 aromatic heterocycles. The lowest BCUT2D eigenvalue weighted by molar-refractivity contribution is -0.126. The topological polar surface area (TPSA) is 119 Å². The number of carbonyl (C=O) groups excluding carboxylic acids is 2. The molecule has 2 heterocycles. The van der Waals surface area contributed by atoms with Gasteiger partial charge < -0.3 is 16.0 Å². The fourth-order valence-electron chi connectivity index (χ4n) is 2.79. The molecule has 1 fully saturated rings. The molecule has 24 heavy (non-hydrogen) atoms. The number of amides is 3. The van der Waals surface area contributed by atoms with E-state index < -0.39 is 6.03 Å². The third-order valence-electron chi connectivity index (χ3n) is 4.06. The van der Waals surface area contributed by atoms with Crippen LogP contribution < -0.4 is 11.1 Å². The molecule has 1 atom stereocenters. The predicted octanol–water partition coefficient (Wildman–Crippen LogP) is 0.0692. The molecule has 3 rings (SSSR count). The lowest BCUT2D eigenvalue weighted by atomic mass is 9.97. The number of carbonyl (C=O) groups is 2. The summed E-state index contributed by atoms with van der Waals surface area (Å²) in [6.07, 6.45) is 1.50. The van der Waals surface area contributed by atoms with Crippen molar-refractivity contribution in [2.75, 3.05) is 13.1 Å². The van der Waals surface area contributed by atoms with E-state index in [1.54, 1.807) is 4.68 Å². The van der Waals surface area contributed by atoms with Gasteiger partial charge in [-0.3, -0.25) is 4.79 Å². The minimum atomic E-state index is -0.486. The van der Waals surface area contributed by atoms with Crippen molar-refractivity contribution < 1.29 is 9.59 Å². The Morgan fingerprint density at radius 3 is 2.83 bits per heavy atom. The maximum absolute atomic E-state index is 12.3. The van der Waals surface area contributed by atoms with E-state index in [1.165, 1.54) is 4.90 Å². The highest BCUT2D eigenvalue weighted by Gasteiger charge is 2.27. The Hall–Kier alpha value is -2.97. The fourth-order valence-corrected chi connectivity index (χ4v) is 2.79. The number of primary amides is 1. The average Bonchev–Trinajstić information content (AvgIpc) is 3.09. The van der Waals surface area contributed by atoms with Crippen LogP contribution in [0.15, 0.2) is 30.3 Å². The first-order chi connectivity index (χ1) is 11.6. The number of para-hydroxylation sites is 1. The molecule has 9 nitrogen and oxygen atoms in total. The Morgan fingerprint density at radius 1 is 1.29 bits per heavy atom. The van der Waals surface area contributed by atoms with Crippen molar-refractivity contribution in [3.63, 3.8) is 0 Å². The van der Waals surface area contributed by atoms with Gasteiger partial charge in [-0.05, 0) is 35.4 Å². The maximum Gasteiger partial charge on any atom is 0.314 e. The summed E-state index contributed by atoms with van der Waals surface area (Å²) in [5.74, 6) is 0.160. The Labute approximate surface area is 138 Å². The summed E-state index contributed by atoms with van der Waals surface area (Å²) in [5, 5.41) is 14.4. The number of hydrogen-bond donors (Lipinski definition) is 2. The molecular weight excluding hydrogens is 310 g/mol. The van der Waals surface area contributed by atoms with Gasteiger partial charge in [0, 0.05) is 13.1 Å². The monoisotopic (exact) mass is 329 g/mol. The summed E-state index contributed by atoms with van der Waals surface area (Å²) in [4.78, 5) is 25.1. The molecule has 126 valence electrons. The third-order valence-corrected chi connectivity index (χ3v) is 4.06. The molecule has 2 aromatic rings. The summed E-state index contributed by atoms with van der Waals surface area (Å²) in [7, 11) is 0. The van der Waals surface area contributed by atoms with Gasteiger partial charge in [0.2, 0.25) is 5.91 Å². The molecule has 0 unspecified atom stereocenters. The molecule has 3 N–H and O–H groups in total. The Kier molecular flexibility index (Phi) is 4.69. The average molecular weight is 329 g/mol. The van der Waals surface area contributed by atoms with Crippen LogP contribution in [0.5, 0.6) is 0 Å². The third kappa shape index (κ3) is 3.50. The van der Waals surface area contributed by atoms with Gasteiger partial charge in [-0.25, -0.2) is 4.79 Å². The molecule has 0 saturated carbocycles. The van der Waals surface area contributed by atoms with Crippen LogP contribution in [0.1, 0.15) is 18.7 Å². The normalized spacial score (nSPS) is 17.5. The van der Waals surface area contributed by atoms with E-state index in [-0.39, 0.29) is 18.4 Å². The lowest BCUT2D eigenvalue weighted by Crippen LogP contribution is -2.47. The number of aromatic nitrogens is 4. The van der Waals surface area contributed by atoms with Gasteiger partial charge in [0.05, 0.1) is 18.2 Å². The van der Waals surface area contributed by atoms with Crippen LogP contribution in [0.3, 0.4) is 0 Å². The highest BCUT2D eigenvalue weighted by Crippen LogP contribution is 2.16. The zero-order chi connectivity index (χ0) is 16.9. The molecular formula is C15H19N7O2. The van der Waals surface area contributed by atoms with Crippen LogP contribution >= 0.6 is 0 Å². The molecule has 9 heteroatoms. The Morgan fingerprint density at radius 2 is 2.08 bits per heavy atom. The molecule has 0 spiro atoms. The quantitative estimate of drug-likeness (QED) is 0.822. The number of hydrogen-bond acceptors (Lipinski definition) is 5. The lowest BCUT2D eigenvalue weighted by Gasteiger charge is -2.30. The number of likely N-dealkylation sites (tertiary alicyclic amines) is 1. The van der Waals surface area contributed by atoms with Crippen molar-refractivity contribution in [1.82, 2.24) is 30.4 Å². The highest BCUT2D eigenvalue weighted by molar-refractivity contribution is 5.80. The van der Waals surface area contributed by atoms with Gasteiger partial charge in [0.15, 0.2) is 5.82 Å². The van der Waals surface area contributed by atoms with Crippen LogP contribution in [0.4, 0.5) is 4.79 Å². The van der Waals surface area contributed by atoms with E-state index >= 15 is 0 Å². The van der Waals surface area contributed by atoms with Crippen molar-refractivity contribution in [3.05, 3.63) is 36.2 Å². The summed E-state index contributed by atoms with van der Waals surface area (Å²) < 4.78 is 1.58. The summed E-state index contributed by atoms with van der Waals surface area (Å²) in [6, 6.07) is 8.96. The van der Waals surface area contributed by atoms with Crippen LogP contribution in [0.25, 0.3) is 5.69 Å². The molecule has 3 amide bonds. The minimum absolute atomic E-state index is 0.122. The molecule has 1 aliphatic heterocycles. The molecule has 1 aromatic carbocycles. The highest BCUT2D eigenvalue weighted by atomic mass is 16.2. The number of nitrogens with zero attached hydrogens (tertiary/aromatic N) is 5. The second-order valence-electron chi connectivity index (χ2n) is 5.68. The predicted molar refractivity (Wildman–Crippen MR) is 84.9 cm³/mol. The van der Waals surface area contributed by atoms with Crippen LogP contribution in [0, 0.1) is 5.92 Å². The van der Waals surface area contributed by atoms with E-state index in [0.717, 1.165) is 18.5 Å². The summed E-state index contributed by atoms with van der Waals surface area (Å²) >= 11 is 0. The van der Waals surface area contributed by atoms with Crippen molar-refractivity contribution >= 4 is 11.9 Å². The van der Waals surface area contributed by atoms with E-state index in [4.69, 9.17) is 5.73 Å². The maximum atomic E-state index is 12.3. The van der Waals surface area contributed by atoms with Crippen LogP contribution in [0.2, 0.25) is 0 Å². The second kappa shape index (κ2) is 7.07. The van der Waals surface area contributed by atoms with Gasteiger partial charge >= 0.3 is 6.03 Å². The number of nitrogens with two attached hydrogens (primary N) is 1. The smallest absolute Gasteiger partial charge is 0.314 e. The van der Waals surface area contributed by atoms with E-state index in [1.807, 2.05) is 30.3 Å². The summed E-state index contributed by atoms with van der Waals surface area (Å²) in [5.41, 5.74) is 6.11. The Bertz CT molecular complexity index is 716.